The van der Waals surface area contributed by atoms with E-state index >= 15 is 0 Å². The average Bonchev–Trinajstić information content (AvgIpc) is 3.16. The highest BCUT2D eigenvalue weighted by molar-refractivity contribution is 7.89. The lowest BCUT2D eigenvalue weighted by molar-refractivity contribution is 0.0997. The van der Waals surface area contributed by atoms with E-state index < -0.39 is 15.9 Å². The number of carbonyl (C=O) groups excluding carboxylic acids is 1. The molecule has 0 saturated carbocycles. The molecular weight excluding hydrogens is 446 g/mol. The number of rotatable bonds is 9. The number of aromatic nitrogens is 1. The van der Waals surface area contributed by atoms with Gasteiger partial charge in [0.1, 0.15) is 11.3 Å². The van der Waals surface area contributed by atoms with Crippen LogP contribution >= 0.6 is 11.3 Å². The maximum Gasteiger partial charge on any atom is 0.279 e. The molecule has 0 unspecified atom stereocenters. The van der Waals surface area contributed by atoms with Crippen molar-refractivity contribution in [2.45, 2.75) is 18.4 Å². The van der Waals surface area contributed by atoms with E-state index in [1.165, 1.54) is 52.1 Å². The number of fused-ring (bicyclic) bond motifs is 1. The first-order valence-corrected chi connectivity index (χ1v) is 12.2. The summed E-state index contributed by atoms with van der Waals surface area (Å²) in [6.45, 7) is 10.1. The van der Waals surface area contributed by atoms with E-state index in [9.17, 15) is 13.2 Å². The maximum absolute atomic E-state index is 12.8. The van der Waals surface area contributed by atoms with E-state index in [1.54, 1.807) is 7.11 Å². The van der Waals surface area contributed by atoms with Gasteiger partial charge in [-0.25, -0.2) is 8.42 Å². The number of nitrogens with zero attached hydrogens (tertiary/aromatic N) is 3. The third-order valence-corrected chi connectivity index (χ3v) is 7.69. The fourth-order valence-corrected chi connectivity index (χ4v) is 5.76. The van der Waals surface area contributed by atoms with E-state index in [0.29, 0.717) is 22.7 Å². The van der Waals surface area contributed by atoms with Crippen LogP contribution in [0.1, 0.15) is 17.3 Å². The predicted molar refractivity (Wildman–Crippen MR) is 128 cm³/mol. The van der Waals surface area contributed by atoms with E-state index in [4.69, 9.17) is 4.74 Å². The number of thiazole rings is 1. The third kappa shape index (κ3) is 4.59. The summed E-state index contributed by atoms with van der Waals surface area (Å²) in [5, 5.41) is 0. The largest absolute Gasteiger partial charge is 0.495 e. The van der Waals surface area contributed by atoms with Gasteiger partial charge in [-0.2, -0.15) is 9.30 Å². The Morgan fingerprint density at radius 1 is 1.16 bits per heavy atom. The fourth-order valence-electron chi connectivity index (χ4n) is 3.27. The summed E-state index contributed by atoms with van der Waals surface area (Å²) in [4.78, 5) is 17.8. The van der Waals surface area contributed by atoms with Gasteiger partial charge in [0.2, 0.25) is 10.0 Å². The maximum atomic E-state index is 12.8. The second-order valence-corrected chi connectivity index (χ2v) is 9.72. The zero-order valence-corrected chi connectivity index (χ0v) is 19.7. The van der Waals surface area contributed by atoms with Crippen LogP contribution in [0.4, 0.5) is 0 Å². The van der Waals surface area contributed by atoms with Gasteiger partial charge in [0.15, 0.2) is 4.80 Å². The lowest BCUT2D eigenvalue weighted by Crippen LogP contribution is -2.31. The average molecular weight is 472 g/mol. The standard InChI is InChI=1S/C23H25N3O4S2/c1-5-15-25(16-6-2)32(28,29)18-13-11-17(12-14-18)22(27)24-23-26(7-3)21-19(30-4)9-8-10-20(21)31-23/h5-6,8-14H,1-2,7,15-16H2,3-4H3. The van der Waals surface area contributed by atoms with Crippen molar-refractivity contribution in [1.29, 1.82) is 0 Å². The van der Waals surface area contributed by atoms with Crippen LogP contribution in [-0.4, -0.2) is 43.4 Å². The van der Waals surface area contributed by atoms with Gasteiger partial charge in [0.05, 0.1) is 16.7 Å². The van der Waals surface area contributed by atoms with Crippen molar-refractivity contribution < 1.29 is 17.9 Å². The Bertz CT molecular complexity index is 1310. The first-order chi connectivity index (χ1) is 15.4. The number of carbonyl (C=O) groups is 1. The Morgan fingerprint density at radius 2 is 1.81 bits per heavy atom. The molecule has 0 aliphatic carbocycles. The number of ether oxygens (including phenoxy) is 1. The van der Waals surface area contributed by atoms with Gasteiger partial charge in [-0.1, -0.05) is 29.6 Å². The number of hydrogen-bond acceptors (Lipinski definition) is 5. The lowest BCUT2D eigenvalue weighted by Gasteiger charge is -2.19. The Kier molecular flexibility index (Phi) is 7.44. The molecule has 0 fully saturated rings. The molecule has 32 heavy (non-hydrogen) atoms. The van der Waals surface area contributed by atoms with Crippen LogP contribution in [-0.2, 0) is 16.6 Å². The van der Waals surface area contributed by atoms with Crippen LogP contribution in [0.2, 0.25) is 0 Å². The zero-order chi connectivity index (χ0) is 23.3. The molecule has 3 rings (SSSR count). The van der Waals surface area contributed by atoms with Gasteiger partial charge in [-0.05, 0) is 43.3 Å². The minimum absolute atomic E-state index is 0.0907. The highest BCUT2D eigenvalue weighted by Gasteiger charge is 2.22. The second kappa shape index (κ2) is 10.1. The molecule has 0 radical (unpaired) electrons. The van der Waals surface area contributed by atoms with Crippen LogP contribution in [0.5, 0.6) is 5.75 Å². The normalized spacial score (nSPS) is 12.3. The van der Waals surface area contributed by atoms with Crippen molar-refractivity contribution in [1.82, 2.24) is 8.87 Å². The highest BCUT2D eigenvalue weighted by Crippen LogP contribution is 2.27. The van der Waals surface area contributed by atoms with Crippen molar-refractivity contribution in [2.24, 2.45) is 4.99 Å². The molecule has 0 saturated heterocycles. The first kappa shape index (κ1) is 23.6. The summed E-state index contributed by atoms with van der Waals surface area (Å²) in [6.07, 6.45) is 3.03. The SMILES string of the molecule is C=CCN(CC=C)S(=O)(=O)c1ccc(C(=O)N=c2sc3cccc(OC)c3n2CC)cc1. The molecule has 7 nitrogen and oxygen atoms in total. The minimum Gasteiger partial charge on any atom is -0.495 e. The Hall–Kier alpha value is -3.01. The van der Waals surface area contributed by atoms with Crippen molar-refractivity contribution in [3.63, 3.8) is 0 Å². The number of amides is 1. The van der Waals surface area contributed by atoms with Gasteiger partial charge < -0.3 is 9.30 Å². The summed E-state index contributed by atoms with van der Waals surface area (Å²) >= 11 is 1.40. The van der Waals surface area contributed by atoms with Crippen LogP contribution in [0.15, 0.2) is 77.7 Å². The number of sulfonamides is 1. The highest BCUT2D eigenvalue weighted by atomic mass is 32.2. The van der Waals surface area contributed by atoms with Crippen molar-refractivity contribution in [2.75, 3.05) is 20.2 Å². The van der Waals surface area contributed by atoms with Crippen LogP contribution in [0.25, 0.3) is 10.2 Å². The molecule has 2 aromatic carbocycles. The summed E-state index contributed by atoms with van der Waals surface area (Å²) in [5.41, 5.74) is 1.19. The predicted octanol–water partition coefficient (Wildman–Crippen LogP) is 3.84. The molecule has 0 aliphatic heterocycles. The van der Waals surface area contributed by atoms with Crippen LogP contribution < -0.4 is 9.54 Å². The molecular formula is C23H25N3O4S2. The van der Waals surface area contributed by atoms with E-state index in [1.807, 2.05) is 29.7 Å². The second-order valence-electron chi connectivity index (χ2n) is 6.78. The van der Waals surface area contributed by atoms with Crippen molar-refractivity contribution in [3.05, 3.63) is 78.1 Å². The van der Waals surface area contributed by atoms with E-state index in [0.717, 1.165) is 10.2 Å². The van der Waals surface area contributed by atoms with Gasteiger partial charge in [-0.15, -0.1) is 13.2 Å². The minimum atomic E-state index is -3.73. The molecule has 0 N–H and O–H groups in total. The molecule has 0 atom stereocenters. The van der Waals surface area contributed by atoms with Crippen LogP contribution in [0, 0.1) is 0 Å². The molecule has 3 aromatic rings. The lowest BCUT2D eigenvalue weighted by atomic mass is 10.2. The number of benzene rings is 2. The molecule has 9 heteroatoms. The van der Waals surface area contributed by atoms with Gasteiger partial charge in [0.25, 0.3) is 5.91 Å². The summed E-state index contributed by atoms with van der Waals surface area (Å²) in [5.74, 6) is 0.267. The fraction of sp³-hybridized carbons (Fsp3) is 0.217. The Balaban J connectivity index is 1.97. The summed E-state index contributed by atoms with van der Waals surface area (Å²) in [7, 11) is -2.12. The summed E-state index contributed by atoms with van der Waals surface area (Å²) in [6, 6.07) is 11.5. The third-order valence-electron chi connectivity index (χ3n) is 4.80. The molecule has 1 aromatic heterocycles. The molecule has 0 spiro atoms. The molecule has 0 aliphatic rings. The first-order valence-electron chi connectivity index (χ1n) is 9.94. The van der Waals surface area contributed by atoms with Crippen LogP contribution in [0.3, 0.4) is 0 Å². The number of aryl methyl sites for hydroxylation is 1. The van der Waals surface area contributed by atoms with E-state index in [2.05, 4.69) is 18.2 Å². The number of hydrogen-bond donors (Lipinski definition) is 0. The number of para-hydroxylation sites is 1. The Morgan fingerprint density at radius 3 is 2.38 bits per heavy atom. The monoisotopic (exact) mass is 471 g/mol. The van der Waals surface area contributed by atoms with Gasteiger partial charge in [0, 0.05) is 25.2 Å². The number of methoxy groups -OCH3 is 1. The van der Waals surface area contributed by atoms with Gasteiger partial charge >= 0.3 is 0 Å². The topological polar surface area (TPSA) is 81.0 Å². The molecule has 1 heterocycles. The quantitative estimate of drug-likeness (QED) is 0.444. The summed E-state index contributed by atoms with van der Waals surface area (Å²) < 4.78 is 35.3. The molecule has 168 valence electrons. The van der Waals surface area contributed by atoms with Gasteiger partial charge in [-0.3, -0.25) is 4.79 Å². The molecule has 1 amide bonds. The van der Waals surface area contributed by atoms with Crippen molar-refractivity contribution in [3.8, 4) is 5.75 Å². The Labute approximate surface area is 191 Å². The zero-order valence-electron chi connectivity index (χ0n) is 18.0. The smallest absolute Gasteiger partial charge is 0.279 e. The van der Waals surface area contributed by atoms with Crippen molar-refractivity contribution >= 4 is 37.5 Å². The molecule has 0 bridgehead atoms. The van der Waals surface area contributed by atoms with E-state index in [-0.39, 0.29) is 18.0 Å².